The van der Waals surface area contributed by atoms with Crippen LogP contribution in [-0.2, 0) is 9.53 Å². The molecule has 2 saturated heterocycles. The number of ether oxygens (including phenoxy) is 1. The number of urea groups is 1. The molecule has 2 N–H and O–H groups in total. The number of hydrogen-bond donors (Lipinski definition) is 2. The third-order valence-corrected chi connectivity index (χ3v) is 9.87. The van der Waals surface area contributed by atoms with E-state index in [9.17, 15) is 23.9 Å². The molecule has 0 spiro atoms. The molecular formula is C34H30ClFN8O5S. The number of amides is 2. The molecular weight excluding hydrogens is 687 g/mol. The standard InChI is InChI=1S/C34H30ClFN8O5S/c1-19(45)20-3-5-21(6-4-20)32(46)44-11-9-27(40-44)43-17-23-16-41(12-13-42(23)34(43)48)18-26-28(33(47)49-2)29(24-8-7-22(36)15-25(24)35)39-30(38-26)31-37-10-14-50-31/h3-11,14-15,23,29,45H,1,12-13,16-18H2,2H3,(H,38,39)/t23-,29-/m0/s1. The number of rotatable bonds is 8. The van der Waals surface area contributed by atoms with E-state index in [0.29, 0.717) is 65.2 Å². The average Bonchev–Trinajstić information content (AvgIpc) is 3.89. The minimum atomic E-state index is -0.888. The van der Waals surface area contributed by atoms with Crippen LogP contribution in [-0.4, -0.2) is 99.3 Å². The van der Waals surface area contributed by atoms with Crippen LogP contribution in [0.25, 0.3) is 5.76 Å². The van der Waals surface area contributed by atoms with Crippen molar-refractivity contribution in [1.29, 1.82) is 0 Å². The number of aromatic nitrogens is 3. The number of nitrogens with zero attached hydrogens (tertiary/aromatic N) is 7. The summed E-state index contributed by atoms with van der Waals surface area (Å²) in [5.41, 5.74) is 2.06. The van der Waals surface area contributed by atoms with Crippen LogP contribution in [0, 0.1) is 5.82 Å². The van der Waals surface area contributed by atoms with Crippen LogP contribution in [0.2, 0.25) is 5.02 Å². The summed E-state index contributed by atoms with van der Waals surface area (Å²) >= 11 is 7.86. The van der Waals surface area contributed by atoms with Crippen molar-refractivity contribution in [2.45, 2.75) is 12.1 Å². The van der Waals surface area contributed by atoms with Gasteiger partial charge in [0, 0.05) is 77.4 Å². The Balaban J connectivity index is 1.11. The second-order valence-electron chi connectivity index (χ2n) is 11.8. The molecule has 0 saturated carbocycles. The first-order chi connectivity index (χ1) is 24.1. The van der Waals surface area contributed by atoms with Gasteiger partial charge in [-0.3, -0.25) is 19.6 Å². The maximum atomic E-state index is 14.0. The summed E-state index contributed by atoms with van der Waals surface area (Å²) in [5, 5.41) is 19.8. The van der Waals surface area contributed by atoms with Crippen LogP contribution in [0.4, 0.5) is 15.0 Å². The first-order valence-electron chi connectivity index (χ1n) is 15.5. The van der Waals surface area contributed by atoms with Crippen LogP contribution in [0.1, 0.15) is 32.5 Å². The zero-order valence-electron chi connectivity index (χ0n) is 26.6. The molecule has 256 valence electrons. The Labute approximate surface area is 294 Å². The Bertz CT molecular complexity index is 2060. The summed E-state index contributed by atoms with van der Waals surface area (Å²) in [6, 6.07) is 10.6. The molecule has 7 rings (SSSR count). The van der Waals surface area contributed by atoms with Gasteiger partial charge in [0.1, 0.15) is 17.6 Å². The van der Waals surface area contributed by atoms with Gasteiger partial charge in [0.05, 0.1) is 25.3 Å². The van der Waals surface area contributed by atoms with Crippen LogP contribution >= 0.6 is 22.9 Å². The number of amidine groups is 1. The molecule has 2 aromatic carbocycles. The SMILES string of the molecule is C=C(O)c1ccc(C(=O)n2ccc(N3C[C@@H]4CN(CC5=C(C(=O)OC)[C@H](c6ccc(F)cc6Cl)N=C(c6nccs6)N5)CCN4C3=O)n2)cc1. The van der Waals surface area contributed by atoms with Gasteiger partial charge in [-0.25, -0.2) is 23.6 Å². The Morgan fingerprint density at radius 1 is 1.14 bits per heavy atom. The van der Waals surface area contributed by atoms with Crippen molar-refractivity contribution >= 4 is 58.3 Å². The number of halogens is 2. The van der Waals surface area contributed by atoms with Crippen LogP contribution in [0.15, 0.2) is 89.1 Å². The Kier molecular flexibility index (Phi) is 8.94. The number of thiazole rings is 1. The molecule has 16 heteroatoms. The number of benzene rings is 2. The number of esters is 1. The molecule has 13 nitrogen and oxygen atoms in total. The highest BCUT2D eigenvalue weighted by atomic mass is 35.5. The van der Waals surface area contributed by atoms with Gasteiger partial charge in [-0.2, -0.15) is 0 Å². The van der Waals surface area contributed by atoms with Crippen molar-refractivity contribution in [2.24, 2.45) is 4.99 Å². The van der Waals surface area contributed by atoms with Gasteiger partial charge in [0.2, 0.25) is 0 Å². The molecule has 2 atom stereocenters. The highest BCUT2D eigenvalue weighted by Gasteiger charge is 2.43. The maximum absolute atomic E-state index is 14.0. The predicted molar refractivity (Wildman–Crippen MR) is 185 cm³/mol. The third-order valence-electron chi connectivity index (χ3n) is 8.77. The lowest BCUT2D eigenvalue weighted by atomic mass is 9.95. The minimum Gasteiger partial charge on any atom is -0.508 e. The molecule has 2 fully saturated rings. The minimum absolute atomic E-state index is 0.100. The second kappa shape index (κ2) is 13.5. The summed E-state index contributed by atoms with van der Waals surface area (Å²) in [6.45, 7) is 5.52. The molecule has 2 aromatic heterocycles. The van der Waals surface area contributed by atoms with E-state index in [1.54, 1.807) is 46.3 Å². The van der Waals surface area contributed by atoms with Crippen molar-refractivity contribution in [3.05, 3.63) is 117 Å². The Morgan fingerprint density at radius 2 is 1.92 bits per heavy atom. The average molecular weight is 717 g/mol. The van der Waals surface area contributed by atoms with E-state index in [4.69, 9.17) is 21.3 Å². The Hall–Kier alpha value is -5.38. The Morgan fingerprint density at radius 3 is 2.62 bits per heavy atom. The number of aliphatic hydroxyl groups excluding tert-OH is 1. The van der Waals surface area contributed by atoms with Gasteiger partial charge in [0.25, 0.3) is 5.91 Å². The molecule has 4 aromatic rings. The number of piperazine rings is 1. The highest BCUT2D eigenvalue weighted by Crippen LogP contribution is 2.37. The number of carbonyl (C=O) groups excluding carboxylic acids is 3. The smallest absolute Gasteiger partial charge is 0.338 e. The molecule has 5 heterocycles. The first-order valence-corrected chi connectivity index (χ1v) is 16.8. The molecule has 0 aliphatic carbocycles. The normalized spacial score (nSPS) is 19.3. The monoisotopic (exact) mass is 716 g/mol. The number of anilines is 1. The molecule has 0 unspecified atom stereocenters. The fourth-order valence-electron chi connectivity index (χ4n) is 6.31. The van der Waals surface area contributed by atoms with E-state index in [2.05, 4.69) is 26.9 Å². The number of aliphatic hydroxyl groups is 1. The highest BCUT2D eigenvalue weighted by molar-refractivity contribution is 7.11. The molecule has 2 amide bonds. The van der Waals surface area contributed by atoms with Crippen molar-refractivity contribution in [3.63, 3.8) is 0 Å². The third kappa shape index (κ3) is 6.26. The first kappa shape index (κ1) is 33.1. The van der Waals surface area contributed by atoms with Gasteiger partial charge < -0.3 is 20.1 Å². The number of nitrogens with one attached hydrogen (secondary N) is 1. The molecule has 0 bridgehead atoms. The summed E-state index contributed by atoms with van der Waals surface area (Å²) in [4.78, 5) is 54.6. The zero-order valence-corrected chi connectivity index (χ0v) is 28.2. The number of carbonyl (C=O) groups is 3. The largest absolute Gasteiger partial charge is 0.508 e. The van der Waals surface area contributed by atoms with Crippen LogP contribution in [0.3, 0.4) is 0 Å². The van der Waals surface area contributed by atoms with Crippen molar-refractivity contribution in [1.82, 2.24) is 29.9 Å². The fraction of sp³-hybridized carbons (Fsp3) is 0.235. The van der Waals surface area contributed by atoms with E-state index in [1.807, 2.05) is 5.38 Å². The van der Waals surface area contributed by atoms with Crippen LogP contribution < -0.4 is 10.2 Å². The maximum Gasteiger partial charge on any atom is 0.338 e. The molecule has 3 aliphatic rings. The quantitative estimate of drug-likeness (QED) is 0.199. The molecule has 0 radical (unpaired) electrons. The van der Waals surface area contributed by atoms with Gasteiger partial charge in [-0.1, -0.05) is 36.4 Å². The predicted octanol–water partition coefficient (Wildman–Crippen LogP) is 4.49. The fourth-order valence-corrected chi connectivity index (χ4v) is 7.17. The van der Waals surface area contributed by atoms with E-state index in [1.165, 1.54) is 47.5 Å². The van der Waals surface area contributed by atoms with Crippen LogP contribution in [0.5, 0.6) is 0 Å². The van der Waals surface area contributed by atoms with Gasteiger partial charge in [0.15, 0.2) is 16.7 Å². The lowest BCUT2D eigenvalue weighted by molar-refractivity contribution is -0.136. The van der Waals surface area contributed by atoms with Crippen molar-refractivity contribution < 1.29 is 28.6 Å². The number of hydrogen-bond acceptors (Lipinski definition) is 11. The van der Waals surface area contributed by atoms with Crippen molar-refractivity contribution in [2.75, 3.05) is 44.7 Å². The second-order valence-corrected chi connectivity index (χ2v) is 13.1. The summed E-state index contributed by atoms with van der Waals surface area (Å²) in [7, 11) is 1.28. The number of fused-ring (bicyclic) bond motifs is 1. The summed E-state index contributed by atoms with van der Waals surface area (Å²) < 4.78 is 20.4. The van der Waals surface area contributed by atoms with E-state index in [0.717, 1.165) is 0 Å². The number of aliphatic imine (C=N–C) groups is 1. The van der Waals surface area contributed by atoms with Crippen molar-refractivity contribution in [3.8, 4) is 0 Å². The topological polar surface area (TPSA) is 145 Å². The summed E-state index contributed by atoms with van der Waals surface area (Å²) in [5.74, 6) is -0.834. The van der Waals surface area contributed by atoms with Gasteiger partial charge in [-0.15, -0.1) is 16.4 Å². The lowest BCUT2D eigenvalue weighted by Crippen LogP contribution is -2.53. The van der Waals surface area contributed by atoms with Gasteiger partial charge >= 0.3 is 12.0 Å². The summed E-state index contributed by atoms with van der Waals surface area (Å²) in [6.07, 6.45) is 3.16. The zero-order chi connectivity index (χ0) is 35.1. The number of methoxy groups -OCH3 is 1. The lowest BCUT2D eigenvalue weighted by Gasteiger charge is -2.38. The van der Waals surface area contributed by atoms with E-state index < -0.39 is 23.7 Å². The molecule has 3 aliphatic heterocycles. The van der Waals surface area contributed by atoms with E-state index in [-0.39, 0.29) is 35.0 Å². The van der Waals surface area contributed by atoms with Gasteiger partial charge in [-0.05, 0) is 24.3 Å². The molecule has 50 heavy (non-hydrogen) atoms. The van der Waals surface area contributed by atoms with E-state index >= 15 is 0 Å².